The van der Waals surface area contributed by atoms with E-state index in [2.05, 4.69) is 41.5 Å². The zero-order chi connectivity index (χ0) is 17.4. The first kappa shape index (κ1) is 17.7. The van der Waals surface area contributed by atoms with E-state index < -0.39 is 6.53 Å². The highest BCUT2D eigenvalue weighted by Crippen LogP contribution is 2.63. The summed E-state index contributed by atoms with van der Waals surface area (Å²) in [6.45, 7) is 13.8. The fraction of sp³-hybridized carbons (Fsp3) is 1.00. The summed E-state index contributed by atoms with van der Waals surface area (Å²) < 4.78 is 12.4. The first-order chi connectivity index (χ1) is 11.1. The molecule has 0 aromatic rings. The predicted octanol–water partition coefficient (Wildman–Crippen LogP) is 5.38. The third kappa shape index (κ3) is 2.44. The van der Waals surface area contributed by atoms with E-state index >= 15 is 0 Å². The molecule has 2 nitrogen and oxygen atoms in total. The normalized spacial score (nSPS) is 50.6. The SMILES string of the molecule is C[C@@H]1[C@@H](OB(Cl)O[C@H]2C[C@H]3C[C@@H]([C@@H]2C)C3(C)C)C[C@H]2C[C@@H]1C2(C)C. The molecule has 0 saturated heterocycles. The van der Waals surface area contributed by atoms with Crippen LogP contribution in [0.3, 0.4) is 0 Å². The molecule has 6 fully saturated rings. The summed E-state index contributed by atoms with van der Waals surface area (Å²) in [6.07, 6.45) is 5.59. The van der Waals surface area contributed by atoms with E-state index in [1.807, 2.05) is 0 Å². The van der Waals surface area contributed by atoms with Crippen LogP contribution in [0.5, 0.6) is 0 Å². The van der Waals surface area contributed by atoms with E-state index in [4.69, 9.17) is 20.8 Å². The maximum Gasteiger partial charge on any atom is 0.571 e. The molecule has 6 saturated carbocycles. The number of fused-ring (bicyclic) bond motifs is 4. The average Bonchev–Trinajstić information content (AvgIpc) is 2.50. The first-order valence-corrected chi connectivity index (χ1v) is 10.5. The molecule has 4 bridgehead atoms. The Kier molecular flexibility index (Phi) is 4.15. The lowest BCUT2D eigenvalue weighted by molar-refractivity contribution is -0.164. The minimum atomic E-state index is -0.578. The average molecular weight is 353 g/mol. The lowest BCUT2D eigenvalue weighted by Crippen LogP contribution is -2.59. The Labute approximate surface area is 153 Å². The van der Waals surface area contributed by atoms with Gasteiger partial charge in [0, 0.05) is 12.2 Å². The van der Waals surface area contributed by atoms with Crippen molar-refractivity contribution in [2.24, 2.45) is 46.3 Å². The molecule has 6 rings (SSSR count). The molecule has 4 heteroatoms. The zero-order valence-electron chi connectivity index (χ0n) is 16.2. The Morgan fingerprint density at radius 2 is 1.12 bits per heavy atom. The fourth-order valence-corrected chi connectivity index (χ4v) is 7.14. The number of hydrogen-bond donors (Lipinski definition) is 0. The molecule has 0 N–H and O–H groups in total. The highest BCUT2D eigenvalue weighted by Gasteiger charge is 2.58. The van der Waals surface area contributed by atoms with Crippen molar-refractivity contribution in [2.75, 3.05) is 0 Å². The summed E-state index contributed by atoms with van der Waals surface area (Å²) in [7, 11) is 0. The highest BCUT2D eigenvalue weighted by molar-refractivity contribution is 6.99. The van der Waals surface area contributed by atoms with Crippen LogP contribution in [0.15, 0.2) is 0 Å². The Balaban J connectivity index is 1.31. The van der Waals surface area contributed by atoms with Gasteiger partial charge < -0.3 is 9.31 Å². The molecule has 6 aliphatic carbocycles. The van der Waals surface area contributed by atoms with E-state index in [1.165, 1.54) is 12.8 Å². The standard InChI is InChI=1S/C20H34BClO2/c1-11-15-7-13(19(15,3)4)9-17(11)23-21(22)24-18-10-14-8-16(12(18)2)20(14,5)6/h11-18H,7-10H2,1-6H3/t11-,12-,13+,14+,15-,16-,17-,18-/m0/s1. The predicted molar refractivity (Wildman–Crippen MR) is 99.7 cm³/mol. The smallest absolute Gasteiger partial charge is 0.395 e. The molecule has 0 amide bonds. The summed E-state index contributed by atoms with van der Waals surface area (Å²) in [6, 6.07) is 0. The number of hydrogen-bond acceptors (Lipinski definition) is 2. The molecule has 0 heterocycles. The Morgan fingerprint density at radius 1 is 0.750 bits per heavy atom. The molecule has 24 heavy (non-hydrogen) atoms. The van der Waals surface area contributed by atoms with Crippen molar-refractivity contribution in [2.45, 2.75) is 79.4 Å². The van der Waals surface area contributed by atoms with Gasteiger partial charge in [-0.1, -0.05) is 41.5 Å². The van der Waals surface area contributed by atoms with Crippen molar-refractivity contribution < 1.29 is 9.31 Å². The van der Waals surface area contributed by atoms with Gasteiger partial charge in [-0.05, 0) is 72.0 Å². The first-order valence-electron chi connectivity index (χ1n) is 10.1. The monoisotopic (exact) mass is 352 g/mol. The maximum atomic E-state index is 6.50. The largest absolute Gasteiger partial charge is 0.571 e. The van der Waals surface area contributed by atoms with E-state index in [1.54, 1.807) is 0 Å². The minimum absolute atomic E-state index is 0.272. The van der Waals surface area contributed by atoms with Gasteiger partial charge in [0.2, 0.25) is 0 Å². The molecule has 136 valence electrons. The van der Waals surface area contributed by atoms with Gasteiger partial charge in [0.15, 0.2) is 0 Å². The van der Waals surface area contributed by atoms with Crippen LogP contribution < -0.4 is 0 Å². The molecule has 0 aromatic heterocycles. The molecule has 0 aromatic carbocycles. The van der Waals surface area contributed by atoms with Gasteiger partial charge in [-0.15, -0.1) is 11.5 Å². The molecule has 0 radical (unpaired) electrons. The molecule has 0 unspecified atom stereocenters. The third-order valence-electron chi connectivity index (χ3n) is 9.13. The zero-order valence-corrected chi connectivity index (χ0v) is 17.0. The van der Waals surface area contributed by atoms with Crippen molar-refractivity contribution in [1.82, 2.24) is 0 Å². The highest BCUT2D eigenvalue weighted by atomic mass is 35.5. The number of halogens is 1. The second-order valence-electron chi connectivity index (χ2n) is 10.5. The van der Waals surface area contributed by atoms with E-state index in [-0.39, 0.29) is 12.2 Å². The fourth-order valence-electron chi connectivity index (χ4n) is 6.87. The Bertz CT molecular complexity index is 464. The van der Waals surface area contributed by atoms with Crippen LogP contribution in [0, 0.1) is 46.3 Å². The van der Waals surface area contributed by atoms with Gasteiger partial charge in [-0.25, -0.2) is 0 Å². The van der Waals surface area contributed by atoms with Gasteiger partial charge in [0.1, 0.15) is 0 Å². The molecule has 0 aliphatic heterocycles. The van der Waals surface area contributed by atoms with E-state index in [0.29, 0.717) is 22.7 Å². The third-order valence-corrected chi connectivity index (χ3v) is 9.34. The van der Waals surface area contributed by atoms with Crippen LogP contribution in [0.2, 0.25) is 0 Å². The van der Waals surface area contributed by atoms with Crippen LogP contribution in [0.4, 0.5) is 0 Å². The summed E-state index contributed by atoms with van der Waals surface area (Å²) >= 11 is 6.50. The van der Waals surface area contributed by atoms with Crippen LogP contribution in [-0.4, -0.2) is 18.7 Å². The Morgan fingerprint density at radius 3 is 1.42 bits per heavy atom. The maximum absolute atomic E-state index is 6.50. The van der Waals surface area contributed by atoms with Gasteiger partial charge in [0.25, 0.3) is 0 Å². The molecular weight excluding hydrogens is 318 g/mol. The lowest BCUT2D eigenvalue weighted by atomic mass is 9.45. The van der Waals surface area contributed by atoms with Crippen LogP contribution in [-0.2, 0) is 9.31 Å². The van der Waals surface area contributed by atoms with Gasteiger partial charge in [0.05, 0.1) is 0 Å². The van der Waals surface area contributed by atoms with E-state index in [0.717, 1.165) is 36.5 Å². The van der Waals surface area contributed by atoms with Crippen LogP contribution in [0.25, 0.3) is 0 Å². The van der Waals surface area contributed by atoms with Crippen molar-refractivity contribution in [3.63, 3.8) is 0 Å². The van der Waals surface area contributed by atoms with Gasteiger partial charge >= 0.3 is 6.53 Å². The van der Waals surface area contributed by atoms with Crippen molar-refractivity contribution >= 4 is 18.0 Å². The summed E-state index contributed by atoms with van der Waals surface area (Å²) in [4.78, 5) is 0. The second kappa shape index (κ2) is 5.63. The lowest BCUT2D eigenvalue weighted by Gasteiger charge is -2.62. The molecular formula is C20H34BClO2. The topological polar surface area (TPSA) is 18.5 Å². The summed E-state index contributed by atoms with van der Waals surface area (Å²) in [5.41, 5.74) is 0.985. The minimum Gasteiger partial charge on any atom is -0.395 e. The molecule has 6 aliphatic rings. The summed E-state index contributed by atoms with van der Waals surface area (Å²) in [5, 5.41) is 0. The molecule has 0 spiro atoms. The second-order valence-corrected chi connectivity index (χ2v) is 10.9. The quantitative estimate of drug-likeness (QED) is 0.632. The van der Waals surface area contributed by atoms with E-state index in [9.17, 15) is 0 Å². The molecule has 8 atom stereocenters. The van der Waals surface area contributed by atoms with Gasteiger partial charge in [-0.3, -0.25) is 0 Å². The number of rotatable bonds is 4. The van der Waals surface area contributed by atoms with Crippen molar-refractivity contribution in [1.29, 1.82) is 0 Å². The van der Waals surface area contributed by atoms with Crippen molar-refractivity contribution in [3.8, 4) is 0 Å². The van der Waals surface area contributed by atoms with Gasteiger partial charge in [-0.2, -0.15) is 0 Å². The van der Waals surface area contributed by atoms with Crippen LogP contribution >= 0.6 is 11.5 Å². The summed E-state index contributed by atoms with van der Waals surface area (Å²) in [5.74, 6) is 4.35. The van der Waals surface area contributed by atoms with Crippen molar-refractivity contribution in [3.05, 3.63) is 0 Å². The van der Waals surface area contributed by atoms with Crippen LogP contribution in [0.1, 0.15) is 67.2 Å². The Hall–Kier alpha value is 0.275.